The fourth-order valence-corrected chi connectivity index (χ4v) is 6.17. The molecule has 0 amide bonds. The Bertz CT molecular complexity index is 2220. The van der Waals surface area contributed by atoms with Crippen LogP contribution in [0.4, 0.5) is 0 Å². The summed E-state index contributed by atoms with van der Waals surface area (Å²) in [6.45, 7) is 0. The summed E-state index contributed by atoms with van der Waals surface area (Å²) in [7, 11) is 0. The lowest BCUT2D eigenvalue weighted by molar-refractivity contribution is 1.07. The predicted molar refractivity (Wildman–Crippen MR) is 181 cm³/mol. The summed E-state index contributed by atoms with van der Waals surface area (Å²) < 4.78 is 2.32. The Morgan fingerprint density at radius 3 is 1.68 bits per heavy atom. The maximum absolute atomic E-state index is 7.00. The summed E-state index contributed by atoms with van der Waals surface area (Å²) in [5.41, 5.74) is 8.03. The second kappa shape index (κ2) is 10.9. The number of benzene rings is 6. The van der Waals surface area contributed by atoms with Crippen LogP contribution >= 0.6 is 11.6 Å². The summed E-state index contributed by atoms with van der Waals surface area (Å²) in [6.07, 6.45) is 0. The summed E-state index contributed by atoms with van der Waals surface area (Å²) in [5.74, 6) is 1.73. The first-order chi connectivity index (χ1) is 21.7. The van der Waals surface area contributed by atoms with Crippen LogP contribution in [0.15, 0.2) is 152 Å². The van der Waals surface area contributed by atoms with Gasteiger partial charge in [0, 0.05) is 33.2 Å². The van der Waals surface area contributed by atoms with Gasteiger partial charge in [-0.3, -0.25) is 0 Å². The zero-order valence-electron chi connectivity index (χ0n) is 23.6. The SMILES string of the molecule is Clc1cccc(-c2ccc3c(c2)c2ccccc2n3-c2ccccc2)c1-c1nc(-c2ccccc2)nc(-c2ccccc2)n1. The molecular weight excluding hydrogens is 560 g/mol. The van der Waals surface area contributed by atoms with Crippen molar-refractivity contribution in [2.75, 3.05) is 0 Å². The number of halogens is 1. The molecule has 0 bridgehead atoms. The molecular formula is C39H25ClN4. The van der Waals surface area contributed by atoms with Gasteiger partial charge in [0.05, 0.1) is 16.1 Å². The van der Waals surface area contributed by atoms with Crippen LogP contribution in [0, 0.1) is 0 Å². The van der Waals surface area contributed by atoms with Crippen molar-refractivity contribution < 1.29 is 0 Å². The Balaban J connectivity index is 1.36. The normalized spacial score (nSPS) is 11.3. The van der Waals surface area contributed by atoms with E-state index >= 15 is 0 Å². The van der Waals surface area contributed by atoms with Crippen molar-refractivity contribution in [1.29, 1.82) is 0 Å². The minimum absolute atomic E-state index is 0.533. The fraction of sp³-hybridized carbons (Fsp3) is 0. The number of hydrogen-bond acceptors (Lipinski definition) is 3. The maximum atomic E-state index is 7.00. The molecule has 0 fully saturated rings. The number of rotatable bonds is 5. The van der Waals surface area contributed by atoms with Crippen LogP contribution in [0.2, 0.25) is 5.02 Å². The highest BCUT2D eigenvalue weighted by atomic mass is 35.5. The summed E-state index contributed by atoms with van der Waals surface area (Å²) >= 11 is 7.00. The number of aromatic nitrogens is 4. The Hall–Kier alpha value is -5.58. The third-order valence-corrected chi connectivity index (χ3v) is 8.25. The molecule has 0 saturated heterocycles. The molecule has 2 aromatic heterocycles. The lowest BCUT2D eigenvalue weighted by Crippen LogP contribution is -2.01. The Labute approximate surface area is 259 Å². The highest BCUT2D eigenvalue weighted by Gasteiger charge is 2.20. The molecule has 0 unspecified atom stereocenters. The average molecular weight is 585 g/mol. The molecule has 0 aliphatic heterocycles. The van der Waals surface area contributed by atoms with Gasteiger partial charge >= 0.3 is 0 Å². The van der Waals surface area contributed by atoms with Crippen molar-refractivity contribution in [2.24, 2.45) is 0 Å². The molecule has 0 aliphatic carbocycles. The zero-order chi connectivity index (χ0) is 29.5. The van der Waals surface area contributed by atoms with E-state index in [9.17, 15) is 0 Å². The average Bonchev–Trinajstić information content (AvgIpc) is 3.43. The minimum atomic E-state index is 0.533. The van der Waals surface area contributed by atoms with Crippen LogP contribution in [0.5, 0.6) is 0 Å². The van der Waals surface area contributed by atoms with Gasteiger partial charge in [-0.2, -0.15) is 0 Å². The van der Waals surface area contributed by atoms with Crippen molar-refractivity contribution in [3.05, 3.63) is 157 Å². The largest absolute Gasteiger partial charge is 0.309 e. The third-order valence-electron chi connectivity index (χ3n) is 7.93. The van der Waals surface area contributed by atoms with Crippen molar-refractivity contribution in [3.63, 3.8) is 0 Å². The first kappa shape index (κ1) is 26.1. The molecule has 4 nitrogen and oxygen atoms in total. The van der Waals surface area contributed by atoms with E-state index in [1.807, 2.05) is 78.9 Å². The van der Waals surface area contributed by atoms with Crippen LogP contribution in [-0.4, -0.2) is 19.5 Å². The molecule has 2 heterocycles. The lowest BCUT2D eigenvalue weighted by Gasteiger charge is -2.14. The van der Waals surface area contributed by atoms with E-state index < -0.39 is 0 Å². The van der Waals surface area contributed by atoms with E-state index in [1.54, 1.807) is 0 Å². The number of hydrogen-bond donors (Lipinski definition) is 0. The lowest BCUT2D eigenvalue weighted by atomic mass is 9.97. The van der Waals surface area contributed by atoms with Gasteiger partial charge in [0.25, 0.3) is 0 Å². The quantitative estimate of drug-likeness (QED) is 0.202. The molecule has 0 radical (unpaired) electrons. The van der Waals surface area contributed by atoms with Crippen LogP contribution in [0.1, 0.15) is 0 Å². The van der Waals surface area contributed by atoms with Gasteiger partial charge in [0.2, 0.25) is 0 Å². The van der Waals surface area contributed by atoms with Gasteiger partial charge in [0.1, 0.15) is 0 Å². The smallest absolute Gasteiger partial charge is 0.166 e. The molecule has 0 atom stereocenters. The number of fused-ring (bicyclic) bond motifs is 3. The molecule has 5 heteroatoms. The predicted octanol–water partition coefficient (Wildman–Crippen LogP) is 10.3. The van der Waals surface area contributed by atoms with E-state index in [4.69, 9.17) is 26.6 Å². The summed E-state index contributed by atoms with van der Waals surface area (Å²) in [5, 5.41) is 2.94. The summed E-state index contributed by atoms with van der Waals surface area (Å²) in [6, 6.07) is 51.6. The first-order valence-corrected chi connectivity index (χ1v) is 14.9. The highest BCUT2D eigenvalue weighted by Crippen LogP contribution is 2.40. The first-order valence-electron chi connectivity index (χ1n) is 14.5. The van der Waals surface area contributed by atoms with Crippen molar-refractivity contribution >= 4 is 33.4 Å². The third kappa shape index (κ3) is 4.53. The van der Waals surface area contributed by atoms with E-state index in [-0.39, 0.29) is 0 Å². The van der Waals surface area contributed by atoms with Gasteiger partial charge in [-0.05, 0) is 47.5 Å². The van der Waals surface area contributed by atoms with E-state index in [2.05, 4.69) is 77.4 Å². The maximum Gasteiger partial charge on any atom is 0.166 e. The van der Waals surface area contributed by atoms with Gasteiger partial charge < -0.3 is 4.57 Å². The molecule has 44 heavy (non-hydrogen) atoms. The van der Waals surface area contributed by atoms with Gasteiger partial charge in [-0.25, -0.2) is 15.0 Å². The molecule has 0 aliphatic rings. The molecule has 8 rings (SSSR count). The Kier molecular flexibility index (Phi) is 6.47. The van der Waals surface area contributed by atoms with Crippen LogP contribution < -0.4 is 0 Å². The monoisotopic (exact) mass is 584 g/mol. The molecule has 208 valence electrons. The van der Waals surface area contributed by atoms with Gasteiger partial charge in [-0.1, -0.05) is 127 Å². The molecule has 6 aromatic carbocycles. The topological polar surface area (TPSA) is 43.6 Å². The standard InChI is InChI=1S/C39H25ClN4/c40-33-21-12-20-30(28-23-24-35-32(25-28)31-19-10-11-22-34(31)44(35)29-17-8-3-9-18-29)36(33)39-42-37(26-13-4-1-5-14-26)41-38(43-39)27-15-6-2-7-16-27/h1-25H. The van der Waals surface area contributed by atoms with Gasteiger partial charge in [-0.15, -0.1) is 0 Å². The minimum Gasteiger partial charge on any atom is -0.309 e. The molecule has 8 aromatic rings. The second-order valence-electron chi connectivity index (χ2n) is 10.6. The zero-order valence-corrected chi connectivity index (χ0v) is 24.4. The van der Waals surface area contributed by atoms with E-state index in [0.29, 0.717) is 22.5 Å². The van der Waals surface area contributed by atoms with E-state index in [1.165, 1.54) is 10.8 Å². The highest BCUT2D eigenvalue weighted by molar-refractivity contribution is 6.34. The van der Waals surface area contributed by atoms with Crippen molar-refractivity contribution in [2.45, 2.75) is 0 Å². The fourth-order valence-electron chi connectivity index (χ4n) is 5.91. The van der Waals surface area contributed by atoms with Crippen molar-refractivity contribution in [3.8, 4) is 51.0 Å². The van der Waals surface area contributed by atoms with Crippen LogP contribution in [-0.2, 0) is 0 Å². The number of nitrogens with zero attached hydrogens (tertiary/aromatic N) is 4. The van der Waals surface area contributed by atoms with Crippen LogP contribution in [0.25, 0.3) is 72.8 Å². The molecule has 0 saturated carbocycles. The van der Waals surface area contributed by atoms with Gasteiger partial charge in [0.15, 0.2) is 17.5 Å². The molecule has 0 spiro atoms. The Morgan fingerprint density at radius 1 is 0.432 bits per heavy atom. The number of para-hydroxylation sites is 2. The molecule has 0 N–H and O–H groups in total. The van der Waals surface area contributed by atoms with Crippen molar-refractivity contribution in [1.82, 2.24) is 19.5 Å². The van der Waals surface area contributed by atoms with Crippen LogP contribution in [0.3, 0.4) is 0 Å². The second-order valence-corrected chi connectivity index (χ2v) is 11.0. The van der Waals surface area contributed by atoms with E-state index in [0.717, 1.165) is 44.5 Å². The summed E-state index contributed by atoms with van der Waals surface area (Å²) in [4.78, 5) is 14.9. The Morgan fingerprint density at radius 2 is 1.00 bits per heavy atom.